The lowest BCUT2D eigenvalue weighted by molar-refractivity contribution is -0.697. The van der Waals surface area contributed by atoms with Gasteiger partial charge in [-0.15, -0.1) is 0 Å². The summed E-state index contributed by atoms with van der Waals surface area (Å²) in [6, 6.07) is 33.0. The van der Waals surface area contributed by atoms with Gasteiger partial charge in [0.1, 0.15) is 72.2 Å². The van der Waals surface area contributed by atoms with Crippen molar-refractivity contribution in [1.29, 1.82) is 0 Å². The third-order valence-electron chi connectivity index (χ3n) is 19.2. The second-order valence-corrected chi connectivity index (χ2v) is 33.9. The molecular formula is C72H84N4O12P4+4. The van der Waals surface area contributed by atoms with Gasteiger partial charge in [0, 0.05) is 165 Å². The van der Waals surface area contributed by atoms with Crippen LogP contribution in [0.4, 0.5) is 0 Å². The van der Waals surface area contributed by atoms with E-state index in [1.807, 2.05) is 100 Å². The number of hydrogen-bond donors (Lipinski definition) is 0. The largest absolute Gasteiger partial charge is 0.430 e. The molecular weight excluding hydrogens is 1240 g/mol. The minimum absolute atomic E-state index is 0.0154. The highest BCUT2D eigenvalue weighted by Gasteiger charge is 2.48. The Morgan fingerprint density at radius 3 is 0.598 bits per heavy atom. The van der Waals surface area contributed by atoms with Gasteiger partial charge in [0.05, 0.1) is 24.6 Å². The Hall–Kier alpha value is -7.20. The van der Waals surface area contributed by atoms with E-state index < -0.39 is 54.1 Å². The highest BCUT2D eigenvalue weighted by Crippen LogP contribution is 2.68. The third kappa shape index (κ3) is 12.2. The van der Waals surface area contributed by atoms with Crippen LogP contribution in [-0.4, -0.2) is 24.6 Å². The molecule has 0 atom stereocenters. The molecule has 0 unspecified atom stereocenters. The van der Waals surface area contributed by atoms with Crippen molar-refractivity contribution in [2.75, 3.05) is 24.6 Å². The molecule has 13 rings (SSSR count). The van der Waals surface area contributed by atoms with Gasteiger partial charge in [-0.2, -0.15) is 0 Å². The van der Waals surface area contributed by atoms with E-state index in [4.69, 9.17) is 36.2 Å². The summed E-state index contributed by atoms with van der Waals surface area (Å²) in [4.78, 5) is 0. The molecule has 8 bridgehead atoms. The molecule has 4 aromatic carbocycles. The second kappa shape index (κ2) is 25.9. The average Bonchev–Trinajstić information content (AvgIpc) is 0.717. The summed E-state index contributed by atoms with van der Waals surface area (Å²) >= 11 is 0. The van der Waals surface area contributed by atoms with E-state index in [0.717, 1.165) is 44.5 Å². The van der Waals surface area contributed by atoms with Crippen molar-refractivity contribution in [1.82, 2.24) is 0 Å². The number of aryl methyl sites for hydroxylation is 4. The van der Waals surface area contributed by atoms with Crippen LogP contribution in [0.15, 0.2) is 147 Å². The lowest BCUT2D eigenvalue weighted by Gasteiger charge is -2.39. The molecule has 0 saturated carbocycles. The van der Waals surface area contributed by atoms with Crippen molar-refractivity contribution in [2.24, 2.45) is 0 Å². The van der Waals surface area contributed by atoms with Crippen LogP contribution >= 0.6 is 30.4 Å². The van der Waals surface area contributed by atoms with E-state index in [2.05, 4.69) is 92.1 Å². The molecule has 0 amide bonds. The molecule has 0 saturated heterocycles. The van der Waals surface area contributed by atoms with Crippen LogP contribution in [0.2, 0.25) is 0 Å². The summed E-state index contributed by atoms with van der Waals surface area (Å²) in [6.07, 6.45) is 21.6. The van der Waals surface area contributed by atoms with Crippen molar-refractivity contribution < 1.29 is 72.7 Å². The van der Waals surface area contributed by atoms with E-state index in [9.17, 15) is 0 Å². The monoisotopic (exact) mass is 1320 g/mol. The lowest BCUT2D eigenvalue weighted by atomic mass is 9.75. The number of hydrogen-bond acceptors (Lipinski definition) is 12. The fraction of sp³-hybridized carbons (Fsp3) is 0.389. The standard InChI is InChI=1S/C72H84N4O12P4/c1-9-89(77)81-65-49(5)67-59-45-57(65)53(29-25-41-73-33-17-13-18-34-73)58-46-60-55(31-27-43-75-37-21-15-22-38-75)62-48-64-56(32-28-44-76-39-23-16-24-40-76)63-47-61(54(59)30-26-42-74-35-19-14-20-36-74)69(85-90(78,10-2)83-67)51(7)71(63)87-92(80,12-4)88-72(64)52(8)70(62)86-91(79,11-3)84-68(60)50(6)66(58)82-89/h13-24,33-40,45-48,53-56H,9-12,25-32,41-44H2,1-8H3/q+4. The Morgan fingerprint density at radius 2 is 0.446 bits per heavy atom. The summed E-state index contributed by atoms with van der Waals surface area (Å²) in [6.45, 7) is 17.5. The Kier molecular flexibility index (Phi) is 17.9. The Morgan fingerprint density at radius 1 is 0.283 bits per heavy atom. The first-order valence-electron chi connectivity index (χ1n) is 32.8. The van der Waals surface area contributed by atoms with Crippen LogP contribution in [0.3, 0.4) is 0 Å². The molecule has 4 aliphatic heterocycles. The quantitative estimate of drug-likeness (QED) is 0.0526. The van der Waals surface area contributed by atoms with Gasteiger partial charge < -0.3 is 36.2 Å². The maximum Gasteiger partial charge on any atom is 0.430 e. The Labute approximate surface area is 540 Å². The Bertz CT molecular complexity index is 3620. The molecule has 92 heavy (non-hydrogen) atoms. The van der Waals surface area contributed by atoms with Crippen LogP contribution in [0.1, 0.15) is 169 Å². The van der Waals surface area contributed by atoms with Crippen LogP contribution in [0.25, 0.3) is 0 Å². The van der Waals surface area contributed by atoms with Crippen molar-refractivity contribution in [3.63, 3.8) is 0 Å². The summed E-state index contributed by atoms with van der Waals surface area (Å²) in [5.74, 6) is 0.775. The predicted molar refractivity (Wildman–Crippen MR) is 353 cm³/mol. The molecule has 8 aromatic rings. The highest BCUT2D eigenvalue weighted by molar-refractivity contribution is 7.55. The number of pyridine rings is 4. The lowest BCUT2D eigenvalue weighted by Crippen LogP contribution is -2.32. The zero-order valence-electron chi connectivity index (χ0n) is 54.0. The molecule has 0 N–H and O–H groups in total. The van der Waals surface area contributed by atoms with Crippen molar-refractivity contribution in [3.8, 4) is 46.0 Å². The molecule has 16 nitrogen and oxygen atoms in total. The van der Waals surface area contributed by atoms with Crippen LogP contribution in [-0.2, 0) is 44.4 Å². The number of benzene rings is 4. The fourth-order valence-electron chi connectivity index (χ4n) is 14.2. The first kappa shape index (κ1) is 63.6. The van der Waals surface area contributed by atoms with Gasteiger partial charge >= 0.3 is 30.4 Å². The van der Waals surface area contributed by atoms with E-state index in [1.165, 1.54) is 0 Å². The van der Waals surface area contributed by atoms with E-state index in [0.29, 0.717) is 146 Å². The second-order valence-electron chi connectivity index (χ2n) is 25.0. The molecule has 0 spiro atoms. The molecule has 5 aliphatic rings. The number of nitrogens with zero attached hydrogens (tertiary/aromatic N) is 4. The van der Waals surface area contributed by atoms with E-state index in [-0.39, 0.29) is 24.6 Å². The first-order valence-corrected chi connectivity index (χ1v) is 39.7. The normalized spacial score (nSPS) is 23.7. The van der Waals surface area contributed by atoms with Crippen LogP contribution in [0.5, 0.6) is 46.0 Å². The average molecular weight is 1320 g/mol. The first-order chi connectivity index (χ1) is 44.4. The van der Waals surface area contributed by atoms with Gasteiger partial charge in [-0.25, -0.2) is 36.5 Å². The molecule has 480 valence electrons. The topological polar surface area (TPSA) is 158 Å². The molecule has 0 radical (unpaired) electrons. The minimum atomic E-state index is -4.16. The van der Waals surface area contributed by atoms with Gasteiger partial charge in [0.25, 0.3) is 0 Å². The number of aromatic nitrogens is 4. The smallest absolute Gasteiger partial charge is 0.415 e. The van der Waals surface area contributed by atoms with Crippen molar-refractivity contribution >= 4 is 30.4 Å². The third-order valence-corrected chi connectivity index (χ3v) is 26.0. The maximum atomic E-state index is 16.0. The van der Waals surface area contributed by atoms with Crippen LogP contribution in [0, 0.1) is 27.7 Å². The van der Waals surface area contributed by atoms with E-state index in [1.54, 1.807) is 27.7 Å². The summed E-state index contributed by atoms with van der Waals surface area (Å²) in [5, 5.41) is 0. The SMILES string of the molecule is CCP1(=O)Oc2c3cc4c(c2C)OP(=O)(CC)Oc2c(cc5c(c2C)OP(=O)(CC)Oc2c(cc6c(c2C)OP(=O)(CC)Oc2c(cc(c(c2C)O1)C3CCC[n+]1ccccc1)C6CCC[n+]1ccccc1)C5CCC[n+]1ccccc1)C4CCC[n+]1ccccc1. The fourth-order valence-corrected chi connectivity index (χ4v) is 19.6. The molecule has 0 fully saturated rings. The molecule has 1 aliphatic carbocycles. The molecule has 4 aromatic heterocycles. The summed E-state index contributed by atoms with van der Waals surface area (Å²) in [7, 11) is -16.6. The summed E-state index contributed by atoms with van der Waals surface area (Å²) in [5.41, 5.74) is 8.34. The maximum absolute atomic E-state index is 16.0. The van der Waals surface area contributed by atoms with Crippen molar-refractivity contribution in [3.05, 3.63) is 213 Å². The number of rotatable bonds is 20. The minimum Gasteiger partial charge on any atom is -0.415 e. The van der Waals surface area contributed by atoms with Crippen LogP contribution < -0.4 is 54.5 Å². The van der Waals surface area contributed by atoms with Crippen molar-refractivity contribution in [2.45, 2.75) is 157 Å². The molecule has 8 heterocycles. The molecule has 20 heteroatoms. The zero-order valence-corrected chi connectivity index (χ0v) is 57.5. The summed E-state index contributed by atoms with van der Waals surface area (Å²) < 4.78 is 129. The van der Waals surface area contributed by atoms with Gasteiger partial charge in [-0.05, 0) is 77.6 Å². The van der Waals surface area contributed by atoms with Gasteiger partial charge in [-0.3, -0.25) is 0 Å². The Balaban J connectivity index is 1.19. The van der Waals surface area contributed by atoms with Gasteiger partial charge in [0.2, 0.25) is 0 Å². The predicted octanol–water partition coefficient (Wildman–Crippen LogP) is 16.8. The van der Waals surface area contributed by atoms with E-state index >= 15 is 18.3 Å². The van der Waals surface area contributed by atoms with Gasteiger partial charge in [-0.1, -0.05) is 52.0 Å². The highest BCUT2D eigenvalue weighted by atomic mass is 31.2. The zero-order chi connectivity index (χ0) is 64.1. The van der Waals surface area contributed by atoms with Gasteiger partial charge in [0.15, 0.2) is 49.6 Å².